The SMILES string of the molecule is CCCOc1nc(Cl)nc(NC(C)C(C)C)n1. The molecule has 6 heteroatoms. The van der Waals surface area contributed by atoms with Crippen LogP contribution in [-0.4, -0.2) is 27.6 Å². The molecule has 1 unspecified atom stereocenters. The summed E-state index contributed by atoms with van der Waals surface area (Å²) in [4.78, 5) is 12.1. The van der Waals surface area contributed by atoms with Gasteiger partial charge < -0.3 is 10.1 Å². The van der Waals surface area contributed by atoms with Crippen LogP contribution in [0.5, 0.6) is 6.01 Å². The number of anilines is 1. The lowest BCUT2D eigenvalue weighted by Gasteiger charge is -2.17. The molecule has 5 nitrogen and oxygen atoms in total. The molecule has 1 N–H and O–H groups in total. The van der Waals surface area contributed by atoms with E-state index in [1.165, 1.54) is 0 Å². The van der Waals surface area contributed by atoms with Gasteiger partial charge in [-0.15, -0.1) is 0 Å². The van der Waals surface area contributed by atoms with Gasteiger partial charge in [-0.3, -0.25) is 0 Å². The van der Waals surface area contributed by atoms with Crippen molar-refractivity contribution in [2.75, 3.05) is 11.9 Å². The highest BCUT2D eigenvalue weighted by atomic mass is 35.5. The van der Waals surface area contributed by atoms with E-state index in [2.05, 4.69) is 41.0 Å². The molecule has 1 heterocycles. The molecule has 0 saturated heterocycles. The highest BCUT2D eigenvalue weighted by Crippen LogP contribution is 2.14. The first-order valence-electron chi connectivity index (χ1n) is 5.83. The second-order valence-corrected chi connectivity index (χ2v) is 4.57. The van der Waals surface area contributed by atoms with Crippen molar-refractivity contribution in [2.24, 2.45) is 5.92 Å². The molecule has 1 aromatic heterocycles. The molecule has 1 aromatic rings. The van der Waals surface area contributed by atoms with Gasteiger partial charge in [-0.1, -0.05) is 20.8 Å². The normalized spacial score (nSPS) is 12.6. The Kier molecular flexibility index (Phi) is 5.41. The fraction of sp³-hybridized carbons (Fsp3) is 0.727. The molecular formula is C11H19ClN4O. The summed E-state index contributed by atoms with van der Waals surface area (Å²) in [6.07, 6.45) is 0.897. The summed E-state index contributed by atoms with van der Waals surface area (Å²) >= 11 is 5.81. The Hall–Kier alpha value is -1.10. The maximum Gasteiger partial charge on any atom is 0.322 e. The molecule has 0 spiro atoms. The van der Waals surface area contributed by atoms with Crippen LogP contribution in [-0.2, 0) is 0 Å². The second-order valence-electron chi connectivity index (χ2n) is 4.24. The van der Waals surface area contributed by atoms with E-state index in [1.807, 2.05) is 6.92 Å². The molecule has 0 aliphatic rings. The Morgan fingerprint density at radius 1 is 1.24 bits per heavy atom. The van der Waals surface area contributed by atoms with Crippen molar-refractivity contribution in [1.29, 1.82) is 0 Å². The Morgan fingerprint density at radius 3 is 2.53 bits per heavy atom. The number of hydrogen-bond donors (Lipinski definition) is 1. The summed E-state index contributed by atoms with van der Waals surface area (Å²) < 4.78 is 5.33. The van der Waals surface area contributed by atoms with Crippen LogP contribution in [0.3, 0.4) is 0 Å². The smallest absolute Gasteiger partial charge is 0.322 e. The van der Waals surface area contributed by atoms with E-state index >= 15 is 0 Å². The van der Waals surface area contributed by atoms with Gasteiger partial charge in [0.1, 0.15) is 0 Å². The van der Waals surface area contributed by atoms with Crippen LogP contribution in [0.1, 0.15) is 34.1 Å². The summed E-state index contributed by atoms with van der Waals surface area (Å²) in [5.41, 5.74) is 0. The molecular weight excluding hydrogens is 240 g/mol. The summed E-state index contributed by atoms with van der Waals surface area (Å²) in [6.45, 7) is 8.89. The van der Waals surface area contributed by atoms with E-state index in [-0.39, 0.29) is 17.3 Å². The predicted octanol–water partition coefficient (Wildman–Crippen LogP) is 2.77. The average Bonchev–Trinajstić information content (AvgIpc) is 2.25. The van der Waals surface area contributed by atoms with Gasteiger partial charge in [0, 0.05) is 6.04 Å². The third kappa shape index (κ3) is 4.73. The van der Waals surface area contributed by atoms with Gasteiger partial charge in [0.25, 0.3) is 0 Å². The highest BCUT2D eigenvalue weighted by molar-refractivity contribution is 6.28. The molecule has 1 rings (SSSR count). The van der Waals surface area contributed by atoms with E-state index < -0.39 is 0 Å². The minimum atomic E-state index is 0.143. The van der Waals surface area contributed by atoms with Crippen LogP contribution in [0.4, 0.5) is 5.95 Å². The maximum atomic E-state index is 5.81. The van der Waals surface area contributed by atoms with Crippen molar-refractivity contribution in [3.63, 3.8) is 0 Å². The fourth-order valence-electron chi connectivity index (χ4n) is 1.02. The molecule has 17 heavy (non-hydrogen) atoms. The molecule has 0 aromatic carbocycles. The van der Waals surface area contributed by atoms with E-state index in [1.54, 1.807) is 0 Å². The number of rotatable bonds is 6. The van der Waals surface area contributed by atoms with Crippen LogP contribution in [0.15, 0.2) is 0 Å². The first kappa shape index (κ1) is 14.0. The molecule has 0 bridgehead atoms. The highest BCUT2D eigenvalue weighted by Gasteiger charge is 2.11. The number of aromatic nitrogens is 3. The lowest BCUT2D eigenvalue weighted by atomic mass is 10.1. The monoisotopic (exact) mass is 258 g/mol. The van der Waals surface area contributed by atoms with Crippen molar-refractivity contribution in [1.82, 2.24) is 15.0 Å². The number of halogens is 1. The maximum absolute atomic E-state index is 5.81. The van der Waals surface area contributed by atoms with Gasteiger partial charge in [-0.05, 0) is 30.9 Å². The van der Waals surface area contributed by atoms with E-state index in [9.17, 15) is 0 Å². The van der Waals surface area contributed by atoms with E-state index in [0.29, 0.717) is 18.5 Å². The first-order valence-corrected chi connectivity index (χ1v) is 6.21. The van der Waals surface area contributed by atoms with Gasteiger partial charge in [-0.25, -0.2) is 0 Å². The molecule has 0 fully saturated rings. The Balaban J connectivity index is 2.74. The number of ether oxygens (including phenoxy) is 1. The molecule has 0 aliphatic heterocycles. The van der Waals surface area contributed by atoms with Crippen molar-refractivity contribution in [3.8, 4) is 6.01 Å². The summed E-state index contributed by atoms with van der Waals surface area (Å²) in [5, 5.41) is 3.32. The van der Waals surface area contributed by atoms with Gasteiger partial charge in [0.15, 0.2) is 0 Å². The van der Waals surface area contributed by atoms with E-state index in [4.69, 9.17) is 16.3 Å². The van der Waals surface area contributed by atoms with Gasteiger partial charge in [-0.2, -0.15) is 15.0 Å². The van der Waals surface area contributed by atoms with Crippen molar-refractivity contribution in [3.05, 3.63) is 5.28 Å². The molecule has 0 saturated carbocycles. The number of nitrogens with one attached hydrogen (secondary N) is 1. The van der Waals surface area contributed by atoms with Gasteiger partial charge in [0.05, 0.1) is 6.61 Å². The van der Waals surface area contributed by atoms with Crippen molar-refractivity contribution < 1.29 is 4.74 Å². The molecule has 96 valence electrons. The number of hydrogen-bond acceptors (Lipinski definition) is 5. The molecule has 0 amide bonds. The van der Waals surface area contributed by atoms with Crippen LogP contribution >= 0.6 is 11.6 Å². The molecule has 0 aliphatic carbocycles. The Morgan fingerprint density at radius 2 is 1.94 bits per heavy atom. The van der Waals surface area contributed by atoms with Crippen LogP contribution in [0.25, 0.3) is 0 Å². The zero-order valence-electron chi connectivity index (χ0n) is 10.7. The summed E-state index contributed by atoms with van der Waals surface area (Å²) in [7, 11) is 0. The van der Waals surface area contributed by atoms with Crippen LogP contribution in [0.2, 0.25) is 5.28 Å². The van der Waals surface area contributed by atoms with Crippen LogP contribution in [0, 0.1) is 5.92 Å². The molecule has 1 atom stereocenters. The zero-order valence-corrected chi connectivity index (χ0v) is 11.5. The third-order valence-electron chi connectivity index (χ3n) is 2.38. The lowest BCUT2D eigenvalue weighted by molar-refractivity contribution is 0.291. The summed E-state index contributed by atoms with van der Waals surface area (Å²) in [6, 6.07) is 0.526. The average molecular weight is 259 g/mol. The second kappa shape index (κ2) is 6.59. The van der Waals surface area contributed by atoms with Crippen molar-refractivity contribution in [2.45, 2.75) is 40.2 Å². The standard InChI is InChI=1S/C11H19ClN4O/c1-5-6-17-11-15-9(12)14-10(16-11)13-8(4)7(2)3/h7-8H,5-6H2,1-4H3,(H,13,14,15,16). The summed E-state index contributed by atoms with van der Waals surface area (Å²) in [5.74, 6) is 0.933. The Bertz CT molecular complexity index is 359. The minimum Gasteiger partial charge on any atom is -0.463 e. The topological polar surface area (TPSA) is 59.9 Å². The van der Waals surface area contributed by atoms with Crippen molar-refractivity contribution >= 4 is 17.5 Å². The molecule has 0 radical (unpaired) electrons. The van der Waals surface area contributed by atoms with Gasteiger partial charge in [0.2, 0.25) is 11.2 Å². The van der Waals surface area contributed by atoms with Crippen LogP contribution < -0.4 is 10.1 Å². The number of nitrogens with zero attached hydrogens (tertiary/aromatic N) is 3. The predicted molar refractivity (Wildman–Crippen MR) is 68.5 cm³/mol. The minimum absolute atomic E-state index is 0.143. The third-order valence-corrected chi connectivity index (χ3v) is 2.55. The van der Waals surface area contributed by atoms with Gasteiger partial charge >= 0.3 is 6.01 Å². The fourth-order valence-corrected chi connectivity index (χ4v) is 1.18. The van der Waals surface area contributed by atoms with E-state index in [0.717, 1.165) is 6.42 Å². The zero-order chi connectivity index (χ0) is 12.8. The lowest BCUT2D eigenvalue weighted by Crippen LogP contribution is -2.23. The Labute approximate surface area is 107 Å². The largest absolute Gasteiger partial charge is 0.463 e. The first-order chi connectivity index (χ1) is 8.02. The quantitative estimate of drug-likeness (QED) is 0.850.